The number of hydrogen-bond donors (Lipinski definition) is 2. The Bertz CT molecular complexity index is 637. The minimum Gasteiger partial charge on any atom is -0.384 e. The average Bonchev–Trinajstić information content (AvgIpc) is 2.44. The average molecular weight is 283 g/mol. The van der Waals surface area contributed by atoms with Gasteiger partial charge in [-0.15, -0.1) is 0 Å². The van der Waals surface area contributed by atoms with Crippen LogP contribution < -0.4 is 10.6 Å². The number of aromatic nitrogens is 2. The Morgan fingerprint density at radius 2 is 1.95 bits per heavy atom. The van der Waals surface area contributed by atoms with Crippen molar-refractivity contribution in [2.75, 3.05) is 18.5 Å². The normalized spacial score (nSPS) is 10.4. The largest absolute Gasteiger partial charge is 0.384 e. The van der Waals surface area contributed by atoms with E-state index < -0.39 is 0 Å². The second-order valence-electron chi connectivity index (χ2n) is 5.18. The number of aryl methyl sites for hydroxylation is 2. The number of amidine groups is 1. The molecule has 2 rings (SSSR count). The van der Waals surface area contributed by atoms with Gasteiger partial charge in [0.2, 0.25) is 0 Å². The third kappa shape index (κ3) is 3.56. The molecule has 0 saturated carbocycles. The Balaban J connectivity index is 2.22. The Morgan fingerprint density at radius 3 is 2.57 bits per heavy atom. The van der Waals surface area contributed by atoms with Crippen molar-refractivity contribution in [2.24, 2.45) is 5.73 Å². The summed E-state index contributed by atoms with van der Waals surface area (Å²) in [4.78, 5) is 10.5. The van der Waals surface area contributed by atoms with Crippen LogP contribution in [-0.2, 0) is 6.42 Å². The fraction of sp³-hybridized carbons (Fsp3) is 0.312. The van der Waals surface area contributed by atoms with Gasteiger partial charge in [-0.25, -0.2) is 0 Å². The molecule has 0 aliphatic carbocycles. The Labute approximate surface area is 125 Å². The van der Waals surface area contributed by atoms with E-state index in [0.29, 0.717) is 0 Å². The molecular formula is C16H21N5. The van der Waals surface area contributed by atoms with Gasteiger partial charge in [0.1, 0.15) is 5.84 Å². The molecule has 0 aliphatic heterocycles. The smallest absolute Gasteiger partial charge is 0.126 e. The van der Waals surface area contributed by atoms with Gasteiger partial charge < -0.3 is 10.6 Å². The number of nitrogens with two attached hydrogens (primary N) is 1. The molecular weight excluding hydrogens is 262 g/mol. The first-order valence-corrected chi connectivity index (χ1v) is 6.91. The van der Waals surface area contributed by atoms with E-state index in [2.05, 4.69) is 14.9 Å². The lowest BCUT2D eigenvalue weighted by atomic mass is 10.1. The lowest BCUT2D eigenvalue weighted by Gasteiger charge is -2.23. The lowest BCUT2D eigenvalue weighted by molar-refractivity contribution is 0.868. The van der Waals surface area contributed by atoms with Crippen molar-refractivity contribution in [1.29, 1.82) is 5.41 Å². The summed E-state index contributed by atoms with van der Waals surface area (Å²) in [6.45, 7) is 4.69. The van der Waals surface area contributed by atoms with Crippen molar-refractivity contribution in [2.45, 2.75) is 20.3 Å². The van der Waals surface area contributed by atoms with Gasteiger partial charge in [0.25, 0.3) is 0 Å². The molecule has 0 atom stereocenters. The third-order valence-electron chi connectivity index (χ3n) is 3.47. The van der Waals surface area contributed by atoms with Crippen LogP contribution in [0.2, 0.25) is 0 Å². The van der Waals surface area contributed by atoms with Crippen LogP contribution in [0.3, 0.4) is 0 Å². The van der Waals surface area contributed by atoms with Crippen LogP contribution in [0, 0.1) is 19.3 Å². The van der Waals surface area contributed by atoms with Crippen molar-refractivity contribution in [3.63, 3.8) is 0 Å². The van der Waals surface area contributed by atoms with Crippen molar-refractivity contribution < 1.29 is 0 Å². The minimum atomic E-state index is 0.0609. The highest BCUT2D eigenvalue weighted by Gasteiger charge is 2.14. The molecule has 0 saturated heterocycles. The predicted octanol–water partition coefficient (Wildman–Crippen LogP) is 2.06. The summed E-state index contributed by atoms with van der Waals surface area (Å²) in [7, 11) is 2.02. The molecule has 0 aliphatic rings. The summed E-state index contributed by atoms with van der Waals surface area (Å²) >= 11 is 0. The lowest BCUT2D eigenvalue weighted by Crippen LogP contribution is -2.26. The van der Waals surface area contributed by atoms with Crippen LogP contribution in [0.5, 0.6) is 0 Å². The fourth-order valence-electron chi connectivity index (χ4n) is 2.41. The Kier molecular flexibility index (Phi) is 4.52. The molecule has 110 valence electrons. The van der Waals surface area contributed by atoms with Crippen LogP contribution in [0.1, 0.15) is 22.5 Å². The van der Waals surface area contributed by atoms with Crippen LogP contribution in [0.15, 0.2) is 30.6 Å². The second-order valence-corrected chi connectivity index (χ2v) is 5.18. The van der Waals surface area contributed by atoms with Gasteiger partial charge >= 0.3 is 0 Å². The molecule has 0 spiro atoms. The molecule has 0 amide bonds. The number of likely N-dealkylation sites (N-methyl/N-ethyl adjacent to an activating group) is 1. The molecule has 21 heavy (non-hydrogen) atoms. The van der Waals surface area contributed by atoms with Crippen LogP contribution >= 0.6 is 0 Å². The summed E-state index contributed by atoms with van der Waals surface area (Å²) in [5, 5.41) is 7.78. The first kappa shape index (κ1) is 15.0. The summed E-state index contributed by atoms with van der Waals surface area (Å²) in [6, 6.07) is 6.02. The summed E-state index contributed by atoms with van der Waals surface area (Å²) in [6.07, 6.45) is 4.52. The van der Waals surface area contributed by atoms with Gasteiger partial charge in [0.15, 0.2) is 0 Å². The molecule has 0 bridgehead atoms. The summed E-state index contributed by atoms with van der Waals surface area (Å²) in [5.41, 5.74) is 10.4. The number of nitrogens with zero attached hydrogens (tertiary/aromatic N) is 3. The maximum atomic E-state index is 7.78. The van der Waals surface area contributed by atoms with Crippen molar-refractivity contribution in [3.8, 4) is 0 Å². The minimum absolute atomic E-state index is 0.0609. The number of pyridine rings is 2. The van der Waals surface area contributed by atoms with E-state index in [0.717, 1.165) is 35.6 Å². The molecule has 2 aromatic heterocycles. The van der Waals surface area contributed by atoms with E-state index in [1.54, 1.807) is 12.4 Å². The number of rotatable bonds is 5. The quantitative estimate of drug-likeness (QED) is 0.650. The Hall–Kier alpha value is -2.43. The maximum Gasteiger partial charge on any atom is 0.126 e. The van der Waals surface area contributed by atoms with Crippen molar-refractivity contribution >= 4 is 11.5 Å². The third-order valence-corrected chi connectivity index (χ3v) is 3.47. The van der Waals surface area contributed by atoms with Crippen LogP contribution in [0.4, 0.5) is 5.69 Å². The van der Waals surface area contributed by atoms with Gasteiger partial charge in [-0.1, -0.05) is 0 Å². The van der Waals surface area contributed by atoms with E-state index in [9.17, 15) is 0 Å². The SMILES string of the molecule is Cc1cc(N(C)CCc2ccncc2)c(C(=N)N)c(C)n1. The van der Waals surface area contributed by atoms with E-state index in [1.165, 1.54) is 5.56 Å². The van der Waals surface area contributed by atoms with Gasteiger partial charge in [-0.2, -0.15) is 0 Å². The van der Waals surface area contributed by atoms with Crippen LogP contribution in [0.25, 0.3) is 0 Å². The van der Waals surface area contributed by atoms with E-state index >= 15 is 0 Å². The zero-order chi connectivity index (χ0) is 15.4. The highest BCUT2D eigenvalue weighted by molar-refractivity contribution is 6.01. The highest BCUT2D eigenvalue weighted by Crippen LogP contribution is 2.23. The summed E-state index contributed by atoms with van der Waals surface area (Å²) < 4.78 is 0. The predicted molar refractivity (Wildman–Crippen MR) is 85.9 cm³/mol. The van der Waals surface area contributed by atoms with E-state index in [-0.39, 0.29) is 5.84 Å². The molecule has 0 unspecified atom stereocenters. The molecule has 0 aromatic carbocycles. The standard InChI is InChI=1S/C16H21N5/c1-11-10-14(15(16(17)18)12(2)20-11)21(3)9-6-13-4-7-19-8-5-13/h4-5,7-8,10H,6,9H2,1-3H3,(H3,17,18). The van der Waals surface area contributed by atoms with E-state index in [1.807, 2.05) is 39.1 Å². The molecule has 5 heteroatoms. The zero-order valence-electron chi connectivity index (χ0n) is 12.7. The van der Waals surface area contributed by atoms with Gasteiger partial charge in [0.05, 0.1) is 16.9 Å². The monoisotopic (exact) mass is 283 g/mol. The van der Waals surface area contributed by atoms with Crippen LogP contribution in [-0.4, -0.2) is 29.4 Å². The number of anilines is 1. The molecule has 5 nitrogen and oxygen atoms in total. The molecule has 0 fully saturated rings. The van der Waals surface area contributed by atoms with Gasteiger partial charge in [-0.3, -0.25) is 15.4 Å². The number of nitrogen functional groups attached to an aromatic ring is 1. The summed E-state index contributed by atoms with van der Waals surface area (Å²) in [5.74, 6) is 0.0609. The molecule has 0 radical (unpaired) electrons. The van der Waals surface area contributed by atoms with Gasteiger partial charge in [0, 0.05) is 31.7 Å². The zero-order valence-corrected chi connectivity index (χ0v) is 12.7. The maximum absolute atomic E-state index is 7.78. The Morgan fingerprint density at radius 1 is 1.29 bits per heavy atom. The topological polar surface area (TPSA) is 78.9 Å². The highest BCUT2D eigenvalue weighted by atomic mass is 15.1. The van der Waals surface area contributed by atoms with Crippen molar-refractivity contribution in [3.05, 3.63) is 53.1 Å². The molecule has 2 heterocycles. The van der Waals surface area contributed by atoms with Gasteiger partial charge in [-0.05, 0) is 44.0 Å². The van der Waals surface area contributed by atoms with E-state index in [4.69, 9.17) is 11.1 Å². The first-order valence-electron chi connectivity index (χ1n) is 6.91. The number of nitrogens with one attached hydrogen (secondary N) is 1. The fourth-order valence-corrected chi connectivity index (χ4v) is 2.41. The number of hydrogen-bond acceptors (Lipinski definition) is 4. The van der Waals surface area contributed by atoms with Crippen molar-refractivity contribution in [1.82, 2.24) is 9.97 Å². The molecule has 3 N–H and O–H groups in total. The second kappa shape index (κ2) is 6.35. The first-order chi connectivity index (χ1) is 9.99. The molecule has 2 aromatic rings.